The van der Waals surface area contributed by atoms with Gasteiger partial charge in [0.1, 0.15) is 0 Å². The Morgan fingerprint density at radius 2 is 0.933 bits per heavy atom. The summed E-state index contributed by atoms with van der Waals surface area (Å²) in [7, 11) is 1.31. The van der Waals surface area contributed by atoms with E-state index in [1.165, 1.54) is 43.5 Å². The van der Waals surface area contributed by atoms with Gasteiger partial charge in [0.05, 0.1) is 52.5 Å². The first-order chi connectivity index (χ1) is 34.7. The normalized spacial score (nSPS) is 12.1. The Kier molecular flexibility index (Phi) is 19.4. The minimum absolute atomic E-state index is 0. The maximum atomic E-state index is 13.4. The fraction of sp³-hybridized carbons (Fsp3) is 0.236. The molecule has 0 aliphatic carbocycles. The number of benzene rings is 6. The quantitative estimate of drug-likeness (QED) is 0.0545. The molecule has 2 aromatic heterocycles. The van der Waals surface area contributed by atoms with E-state index in [0.717, 1.165) is 57.6 Å². The third-order valence-corrected chi connectivity index (χ3v) is 12.3. The molecule has 0 spiro atoms. The zero-order valence-electron chi connectivity index (χ0n) is 41.7. The van der Waals surface area contributed by atoms with Gasteiger partial charge in [-0.2, -0.15) is 36.5 Å². The van der Waals surface area contributed by atoms with Gasteiger partial charge in [-0.25, -0.2) is 9.59 Å². The van der Waals surface area contributed by atoms with Crippen LogP contribution in [-0.2, 0) is 43.0 Å². The number of rotatable bonds is 14. The molecular weight excluding hydrogens is 994 g/mol. The number of aromatic carboxylic acids is 1. The van der Waals surface area contributed by atoms with Gasteiger partial charge >= 0.3 is 53.8 Å². The number of halogens is 6. The van der Waals surface area contributed by atoms with E-state index in [1.807, 2.05) is 57.2 Å². The predicted octanol–water partition coefficient (Wildman–Crippen LogP) is 8.63. The van der Waals surface area contributed by atoms with Crippen LogP contribution in [0, 0.1) is 0 Å². The standard InChI is InChI=1S/C28H26F3N3O3.C27H24F3N3O3.Na.H2O/c1-4-34-23-7-5-6-21(16-18-8-14-22(15-9-18)28(29,30)31)24(23)25(33-34)26(35)32-17(2)19-10-12-20(13-11-19)27(36)37-3;1-3-33-22-6-4-5-20(15-17-7-13-21(14-8-17)27(28,29)30)23(22)24(32-33)25(34)31-16(2)18-9-11-19(12-10-18)26(35)36;;/h5-15,17H,4,16H2,1-3H3,(H,32,35);4-14,16H,3,15H2,1-2H3,(H,31,34)(H,35,36);;1H2/q;;+1;/p-1/t17-;16-;;/m00../s1. The third kappa shape index (κ3) is 13.7. The number of carbonyl (C=O) groups is 4. The monoisotopic (exact) mass is 1040 g/mol. The molecule has 0 bridgehead atoms. The average molecular weight is 1050 g/mol. The second kappa shape index (κ2) is 24.8. The van der Waals surface area contributed by atoms with E-state index in [-0.39, 0.29) is 63.9 Å². The van der Waals surface area contributed by atoms with Crippen molar-refractivity contribution < 1.29 is 90.4 Å². The Morgan fingerprint density at radius 3 is 1.25 bits per heavy atom. The number of hydrogen-bond acceptors (Lipinski definition) is 8. The van der Waals surface area contributed by atoms with Crippen molar-refractivity contribution in [2.24, 2.45) is 0 Å². The molecular formula is C55H51F6N6NaO7. The number of fused-ring (bicyclic) bond motifs is 2. The van der Waals surface area contributed by atoms with E-state index in [0.29, 0.717) is 53.4 Å². The van der Waals surface area contributed by atoms with Crippen molar-refractivity contribution in [2.75, 3.05) is 7.11 Å². The van der Waals surface area contributed by atoms with Crippen molar-refractivity contribution in [3.8, 4) is 0 Å². The number of carboxylic acids is 1. The molecule has 0 radical (unpaired) electrons. The maximum absolute atomic E-state index is 13.4. The van der Waals surface area contributed by atoms with Crippen LogP contribution in [0.3, 0.4) is 0 Å². The van der Waals surface area contributed by atoms with Crippen LogP contribution in [0.2, 0.25) is 0 Å². The Labute approximate surface area is 449 Å². The largest absolute Gasteiger partial charge is 1.00 e. The SMILES string of the molecule is CCn1nc(C(=O)N[C@@H](C)c2ccc(C(=O)O)cc2)c2c(Cc3ccc(C(F)(F)F)cc3)cccc21.CCn1nc(C(=O)N[C@@H](C)c2ccc(C(=O)OC)cc2)c2c(Cc3ccc(C(F)(F)F)cc3)cccc21.[Na+].[OH-]. The number of aryl methyl sites for hydroxylation is 2. The Hall–Kier alpha value is -7.32. The van der Waals surface area contributed by atoms with Gasteiger partial charge in [-0.05, 0) is 135 Å². The molecule has 0 unspecified atom stereocenters. The Bertz CT molecular complexity index is 3290. The summed E-state index contributed by atoms with van der Waals surface area (Å²) < 4.78 is 85.9. The first kappa shape index (κ1) is 58.6. The van der Waals surface area contributed by atoms with Crippen LogP contribution in [0.15, 0.2) is 133 Å². The van der Waals surface area contributed by atoms with Crippen LogP contribution in [0.4, 0.5) is 26.3 Å². The summed E-state index contributed by atoms with van der Waals surface area (Å²) in [5.41, 5.74) is 5.60. The van der Waals surface area contributed by atoms with Gasteiger partial charge in [0.15, 0.2) is 11.4 Å². The van der Waals surface area contributed by atoms with Crippen LogP contribution in [-0.4, -0.2) is 61.0 Å². The molecule has 0 aliphatic rings. The summed E-state index contributed by atoms with van der Waals surface area (Å²) in [6.45, 7) is 8.51. The van der Waals surface area contributed by atoms with Crippen LogP contribution in [0.5, 0.6) is 0 Å². The second-order valence-corrected chi connectivity index (χ2v) is 17.1. The van der Waals surface area contributed by atoms with Gasteiger partial charge in [-0.1, -0.05) is 72.8 Å². The molecule has 6 aromatic carbocycles. The van der Waals surface area contributed by atoms with Crippen molar-refractivity contribution in [1.82, 2.24) is 30.2 Å². The van der Waals surface area contributed by atoms with Crippen molar-refractivity contribution in [1.29, 1.82) is 0 Å². The van der Waals surface area contributed by atoms with Crippen LogP contribution in [0.1, 0.15) is 126 Å². The number of amides is 2. The molecule has 2 atom stereocenters. The molecule has 0 saturated heterocycles. The summed E-state index contributed by atoms with van der Waals surface area (Å²) in [5, 5.41) is 25.3. The minimum Gasteiger partial charge on any atom is -0.870 e. The van der Waals surface area contributed by atoms with Gasteiger partial charge in [-0.15, -0.1) is 0 Å². The van der Waals surface area contributed by atoms with E-state index in [2.05, 4.69) is 20.8 Å². The first-order valence-electron chi connectivity index (χ1n) is 23.1. The van der Waals surface area contributed by atoms with Crippen LogP contribution < -0.4 is 40.2 Å². The van der Waals surface area contributed by atoms with Crippen molar-refractivity contribution >= 4 is 45.6 Å². The van der Waals surface area contributed by atoms with E-state index in [4.69, 9.17) is 9.84 Å². The number of nitrogens with zero attached hydrogens (tertiary/aromatic N) is 4. The summed E-state index contributed by atoms with van der Waals surface area (Å²) in [4.78, 5) is 49.4. The van der Waals surface area contributed by atoms with Crippen molar-refractivity contribution in [3.05, 3.63) is 200 Å². The number of aromatic nitrogens is 4. The van der Waals surface area contributed by atoms with Crippen molar-refractivity contribution in [2.45, 2.75) is 78.1 Å². The van der Waals surface area contributed by atoms with Gasteiger partial charge in [0.2, 0.25) is 0 Å². The number of nitrogens with one attached hydrogen (secondary N) is 2. The molecule has 4 N–H and O–H groups in total. The molecule has 13 nitrogen and oxygen atoms in total. The van der Waals surface area contributed by atoms with E-state index in [9.17, 15) is 45.5 Å². The number of ether oxygens (including phenoxy) is 1. The van der Waals surface area contributed by atoms with E-state index in [1.54, 1.807) is 52.7 Å². The smallest absolute Gasteiger partial charge is 0.870 e. The van der Waals surface area contributed by atoms with Gasteiger partial charge in [-0.3, -0.25) is 19.0 Å². The van der Waals surface area contributed by atoms with Crippen molar-refractivity contribution in [3.63, 3.8) is 0 Å². The first-order valence-corrected chi connectivity index (χ1v) is 23.1. The maximum Gasteiger partial charge on any atom is 1.00 e. The summed E-state index contributed by atoms with van der Waals surface area (Å²) in [5.74, 6) is -2.25. The number of methoxy groups -OCH3 is 1. The number of alkyl halides is 6. The molecule has 0 saturated carbocycles. The summed E-state index contributed by atoms with van der Waals surface area (Å²) in [6, 6.07) is 33.3. The van der Waals surface area contributed by atoms with E-state index >= 15 is 0 Å². The van der Waals surface area contributed by atoms with Crippen LogP contribution >= 0.6 is 0 Å². The van der Waals surface area contributed by atoms with Gasteiger partial charge in [0.25, 0.3) is 11.8 Å². The molecule has 0 fully saturated rings. The van der Waals surface area contributed by atoms with Gasteiger partial charge < -0.3 is 26.0 Å². The fourth-order valence-corrected chi connectivity index (χ4v) is 8.39. The van der Waals surface area contributed by atoms with Gasteiger partial charge in [0, 0.05) is 23.9 Å². The van der Waals surface area contributed by atoms with E-state index < -0.39 is 47.4 Å². The summed E-state index contributed by atoms with van der Waals surface area (Å²) >= 11 is 0. The number of carboxylic acid groups (broad SMARTS) is 1. The molecule has 386 valence electrons. The molecule has 75 heavy (non-hydrogen) atoms. The Balaban J connectivity index is 0.000000270. The molecule has 2 heterocycles. The summed E-state index contributed by atoms with van der Waals surface area (Å²) in [6.07, 6.45) is -8.13. The molecule has 8 aromatic rings. The molecule has 2 amide bonds. The number of esters is 1. The zero-order chi connectivity index (χ0) is 52.8. The van der Waals surface area contributed by atoms with Crippen LogP contribution in [0.25, 0.3) is 21.8 Å². The molecule has 8 rings (SSSR count). The fourth-order valence-electron chi connectivity index (χ4n) is 8.39. The minimum atomic E-state index is -4.41. The zero-order valence-corrected chi connectivity index (χ0v) is 43.7. The Morgan fingerprint density at radius 1 is 0.573 bits per heavy atom. The number of hydrogen-bond donors (Lipinski definition) is 3. The number of carbonyl (C=O) groups excluding carboxylic acids is 3. The predicted molar refractivity (Wildman–Crippen MR) is 264 cm³/mol. The molecule has 20 heteroatoms. The second-order valence-electron chi connectivity index (χ2n) is 17.1. The average Bonchev–Trinajstić information content (AvgIpc) is 3.96. The third-order valence-electron chi connectivity index (χ3n) is 12.3. The molecule has 0 aliphatic heterocycles. The topological polar surface area (TPSA) is 187 Å².